The lowest BCUT2D eigenvalue weighted by Crippen LogP contribution is -2.13. The molecular weight excluding hydrogens is 250 g/mol. The Balaban J connectivity index is 0.000000861. The summed E-state index contributed by atoms with van der Waals surface area (Å²) >= 11 is 1.83. The number of nitrogens with zero attached hydrogens (tertiary/aromatic N) is 1. The van der Waals surface area contributed by atoms with Crippen LogP contribution in [0, 0.1) is 0 Å². The molecule has 0 aromatic carbocycles. The van der Waals surface area contributed by atoms with Crippen LogP contribution >= 0.6 is 11.3 Å². The standard InChI is InChI=1S/C15H21NS.C2H6/c1-14(2,3)10-7-8-16-12-11(15(4,5)6)9-17-13(10)12;1-2/h7-9H,1-6H3;1-2H3. The minimum Gasteiger partial charge on any atom is -0.255 e. The van der Waals surface area contributed by atoms with E-state index < -0.39 is 0 Å². The Bertz CT molecular complexity index is 538. The van der Waals surface area contributed by atoms with Crippen molar-refractivity contribution in [3.8, 4) is 0 Å². The van der Waals surface area contributed by atoms with Crippen LogP contribution in [0.25, 0.3) is 10.2 Å². The van der Waals surface area contributed by atoms with E-state index in [-0.39, 0.29) is 10.8 Å². The van der Waals surface area contributed by atoms with Gasteiger partial charge in [0.25, 0.3) is 0 Å². The first-order valence-corrected chi connectivity index (χ1v) is 7.96. The van der Waals surface area contributed by atoms with Gasteiger partial charge in [-0.1, -0.05) is 55.4 Å². The zero-order valence-electron chi connectivity index (χ0n) is 13.6. The maximum atomic E-state index is 4.59. The Morgan fingerprint density at radius 1 is 0.895 bits per heavy atom. The molecule has 2 heterocycles. The maximum Gasteiger partial charge on any atom is 0.0849 e. The Hall–Kier alpha value is -0.890. The highest BCUT2D eigenvalue weighted by Gasteiger charge is 2.23. The highest BCUT2D eigenvalue weighted by atomic mass is 32.1. The molecule has 2 aromatic heterocycles. The SMILES string of the molecule is CC.CC(C)(C)c1csc2c(C(C)(C)C)ccnc12. The highest BCUT2D eigenvalue weighted by molar-refractivity contribution is 7.17. The van der Waals surface area contributed by atoms with Gasteiger partial charge < -0.3 is 0 Å². The van der Waals surface area contributed by atoms with Crippen molar-refractivity contribution in [2.24, 2.45) is 0 Å². The van der Waals surface area contributed by atoms with E-state index in [1.165, 1.54) is 21.3 Å². The zero-order chi connectivity index (χ0) is 14.8. The third-order valence-electron chi connectivity index (χ3n) is 3.07. The van der Waals surface area contributed by atoms with Crippen LogP contribution in [-0.4, -0.2) is 4.98 Å². The average molecular weight is 277 g/mol. The van der Waals surface area contributed by atoms with Crippen molar-refractivity contribution in [2.75, 3.05) is 0 Å². The lowest BCUT2D eigenvalue weighted by Gasteiger charge is -2.21. The summed E-state index contributed by atoms with van der Waals surface area (Å²) in [6.07, 6.45) is 1.95. The van der Waals surface area contributed by atoms with Gasteiger partial charge >= 0.3 is 0 Å². The van der Waals surface area contributed by atoms with Gasteiger partial charge in [-0.3, -0.25) is 4.98 Å². The summed E-state index contributed by atoms with van der Waals surface area (Å²) in [6.45, 7) is 17.5. The molecular formula is C17H27NS. The van der Waals surface area contributed by atoms with E-state index in [0.29, 0.717) is 0 Å². The van der Waals surface area contributed by atoms with Gasteiger partial charge in [-0.2, -0.15) is 0 Å². The smallest absolute Gasteiger partial charge is 0.0849 e. The van der Waals surface area contributed by atoms with Crippen LogP contribution in [0.5, 0.6) is 0 Å². The first-order chi connectivity index (χ1) is 8.71. The van der Waals surface area contributed by atoms with Crippen molar-refractivity contribution in [3.63, 3.8) is 0 Å². The average Bonchev–Trinajstić information content (AvgIpc) is 2.73. The molecule has 106 valence electrons. The molecule has 0 radical (unpaired) electrons. The highest BCUT2D eigenvalue weighted by Crippen LogP contribution is 2.38. The fraction of sp³-hybridized carbons (Fsp3) is 0.588. The van der Waals surface area contributed by atoms with Gasteiger partial charge in [0.15, 0.2) is 0 Å². The van der Waals surface area contributed by atoms with Crippen molar-refractivity contribution in [2.45, 2.75) is 66.2 Å². The number of aromatic nitrogens is 1. The van der Waals surface area contributed by atoms with Crippen molar-refractivity contribution in [1.29, 1.82) is 0 Å². The van der Waals surface area contributed by atoms with E-state index in [2.05, 4.69) is 58.0 Å². The molecule has 0 aliphatic rings. The molecule has 0 fully saturated rings. The Kier molecular flexibility index (Phi) is 4.78. The number of hydrogen-bond acceptors (Lipinski definition) is 2. The molecule has 0 N–H and O–H groups in total. The van der Waals surface area contributed by atoms with Crippen molar-refractivity contribution in [3.05, 3.63) is 28.8 Å². The third-order valence-corrected chi connectivity index (χ3v) is 4.07. The second-order valence-corrected chi connectivity index (χ2v) is 7.57. The Labute approximate surface area is 122 Å². The fourth-order valence-corrected chi connectivity index (χ4v) is 3.53. The van der Waals surface area contributed by atoms with Crippen LogP contribution in [0.1, 0.15) is 66.5 Å². The summed E-state index contributed by atoms with van der Waals surface area (Å²) in [7, 11) is 0. The largest absolute Gasteiger partial charge is 0.255 e. The van der Waals surface area contributed by atoms with Gasteiger partial charge in [-0.05, 0) is 33.4 Å². The molecule has 2 aromatic rings. The molecule has 0 bridgehead atoms. The lowest BCUT2D eigenvalue weighted by atomic mass is 9.85. The fourth-order valence-electron chi connectivity index (χ4n) is 2.06. The molecule has 0 unspecified atom stereocenters. The second-order valence-electron chi connectivity index (χ2n) is 6.69. The minimum absolute atomic E-state index is 0.168. The van der Waals surface area contributed by atoms with E-state index in [1.807, 2.05) is 31.4 Å². The molecule has 0 atom stereocenters. The lowest BCUT2D eigenvalue weighted by molar-refractivity contribution is 0.592. The topological polar surface area (TPSA) is 12.9 Å². The predicted molar refractivity (Wildman–Crippen MR) is 88.4 cm³/mol. The van der Waals surface area contributed by atoms with E-state index in [0.717, 1.165) is 0 Å². The van der Waals surface area contributed by atoms with E-state index in [9.17, 15) is 0 Å². The monoisotopic (exact) mass is 277 g/mol. The van der Waals surface area contributed by atoms with Crippen LogP contribution in [0.2, 0.25) is 0 Å². The predicted octanol–water partition coefficient (Wildman–Crippen LogP) is 5.92. The number of thiophene rings is 1. The molecule has 0 amide bonds. The Morgan fingerprint density at radius 3 is 1.89 bits per heavy atom. The first kappa shape index (κ1) is 16.2. The molecule has 0 spiro atoms. The van der Waals surface area contributed by atoms with Gasteiger partial charge in [-0.15, -0.1) is 11.3 Å². The van der Waals surface area contributed by atoms with Crippen LogP contribution in [0.15, 0.2) is 17.6 Å². The second kappa shape index (κ2) is 5.62. The first-order valence-electron chi connectivity index (χ1n) is 7.08. The molecule has 2 rings (SSSR count). The zero-order valence-corrected chi connectivity index (χ0v) is 14.4. The minimum atomic E-state index is 0.168. The van der Waals surface area contributed by atoms with Crippen molar-refractivity contribution >= 4 is 21.6 Å². The molecule has 0 saturated heterocycles. The summed E-state index contributed by atoms with van der Waals surface area (Å²) in [6, 6.07) is 2.16. The summed E-state index contributed by atoms with van der Waals surface area (Å²) in [5.41, 5.74) is 4.31. The van der Waals surface area contributed by atoms with Crippen LogP contribution in [0.4, 0.5) is 0 Å². The number of fused-ring (bicyclic) bond motifs is 1. The Morgan fingerprint density at radius 2 is 1.42 bits per heavy atom. The van der Waals surface area contributed by atoms with Gasteiger partial charge in [0.1, 0.15) is 0 Å². The van der Waals surface area contributed by atoms with Crippen molar-refractivity contribution < 1.29 is 0 Å². The number of pyridine rings is 1. The van der Waals surface area contributed by atoms with Crippen molar-refractivity contribution in [1.82, 2.24) is 4.98 Å². The third kappa shape index (κ3) is 3.36. The summed E-state index contributed by atoms with van der Waals surface area (Å²) in [4.78, 5) is 4.59. The number of hydrogen-bond donors (Lipinski definition) is 0. The van der Waals surface area contributed by atoms with E-state index in [1.54, 1.807) is 0 Å². The molecule has 2 heteroatoms. The molecule has 0 saturated carbocycles. The quantitative estimate of drug-likeness (QED) is 0.582. The van der Waals surface area contributed by atoms with Gasteiger partial charge in [0.2, 0.25) is 0 Å². The van der Waals surface area contributed by atoms with Crippen LogP contribution in [0.3, 0.4) is 0 Å². The van der Waals surface area contributed by atoms with Crippen LogP contribution < -0.4 is 0 Å². The summed E-state index contributed by atoms with van der Waals surface area (Å²) in [5, 5.41) is 2.27. The summed E-state index contributed by atoms with van der Waals surface area (Å²) in [5.74, 6) is 0. The van der Waals surface area contributed by atoms with Gasteiger partial charge in [0.05, 0.1) is 10.2 Å². The normalized spacial score (nSPS) is 12.2. The molecule has 19 heavy (non-hydrogen) atoms. The van der Waals surface area contributed by atoms with E-state index in [4.69, 9.17) is 0 Å². The molecule has 0 aliphatic heterocycles. The maximum absolute atomic E-state index is 4.59. The van der Waals surface area contributed by atoms with Crippen LogP contribution in [-0.2, 0) is 10.8 Å². The van der Waals surface area contributed by atoms with E-state index >= 15 is 0 Å². The molecule has 1 nitrogen and oxygen atoms in total. The molecule has 0 aliphatic carbocycles. The number of rotatable bonds is 0. The van der Waals surface area contributed by atoms with Gasteiger partial charge in [0, 0.05) is 6.20 Å². The summed E-state index contributed by atoms with van der Waals surface area (Å²) < 4.78 is 1.35. The van der Waals surface area contributed by atoms with Gasteiger partial charge in [-0.25, -0.2) is 0 Å².